The highest BCUT2D eigenvalue weighted by Crippen LogP contribution is 2.37. The number of benzene rings is 2. The zero-order chi connectivity index (χ0) is 15.5. The summed E-state index contributed by atoms with van der Waals surface area (Å²) in [6.07, 6.45) is 3.53. The van der Waals surface area contributed by atoms with Crippen LogP contribution in [0.4, 0.5) is 0 Å². The molecule has 2 aromatic rings. The molecule has 3 rings (SSSR count). The molecular formula is C19H21NO2. The van der Waals surface area contributed by atoms with Crippen molar-refractivity contribution in [3.8, 4) is 5.75 Å². The Hall–Kier alpha value is -2.29. The topological polar surface area (TPSA) is 49.3 Å². The molecule has 1 unspecified atom stereocenters. The summed E-state index contributed by atoms with van der Waals surface area (Å²) < 4.78 is 0. The molecule has 0 radical (unpaired) electrons. The van der Waals surface area contributed by atoms with E-state index in [-0.39, 0.29) is 17.7 Å². The Labute approximate surface area is 131 Å². The van der Waals surface area contributed by atoms with Crippen molar-refractivity contribution in [2.45, 2.75) is 32.2 Å². The highest BCUT2D eigenvalue weighted by atomic mass is 16.3. The van der Waals surface area contributed by atoms with Gasteiger partial charge in [-0.25, -0.2) is 0 Å². The number of nitrogens with one attached hydrogen (secondary N) is 1. The minimum absolute atomic E-state index is 0.0471. The van der Waals surface area contributed by atoms with Gasteiger partial charge in [0.2, 0.25) is 0 Å². The second kappa shape index (κ2) is 6.22. The number of carbonyl (C=O) groups is 1. The Morgan fingerprint density at radius 1 is 1.18 bits per heavy atom. The number of aromatic hydroxyl groups is 1. The van der Waals surface area contributed by atoms with Gasteiger partial charge in [-0.05, 0) is 48.9 Å². The van der Waals surface area contributed by atoms with Crippen LogP contribution in [-0.2, 0) is 0 Å². The van der Waals surface area contributed by atoms with Gasteiger partial charge in [0.05, 0.1) is 6.04 Å². The Bertz CT molecular complexity index is 662. The Kier molecular flexibility index (Phi) is 4.14. The number of carbonyl (C=O) groups excluding carboxylic acids is 1. The summed E-state index contributed by atoms with van der Waals surface area (Å²) in [6, 6.07) is 15.2. The van der Waals surface area contributed by atoms with Gasteiger partial charge in [0.15, 0.2) is 0 Å². The first-order valence-electron chi connectivity index (χ1n) is 7.80. The molecule has 1 fully saturated rings. The fraction of sp³-hybridized carbons (Fsp3) is 0.316. The lowest BCUT2D eigenvalue weighted by molar-refractivity contribution is 0.0900. The first-order valence-corrected chi connectivity index (χ1v) is 7.80. The summed E-state index contributed by atoms with van der Waals surface area (Å²) >= 11 is 0. The summed E-state index contributed by atoms with van der Waals surface area (Å²) in [5.41, 5.74) is 2.43. The predicted octanol–water partition coefficient (Wildman–Crippen LogP) is 3.97. The monoisotopic (exact) mass is 295 g/mol. The maximum absolute atomic E-state index is 12.5. The Morgan fingerprint density at radius 2 is 1.91 bits per heavy atom. The molecule has 0 bridgehead atoms. The van der Waals surface area contributed by atoms with Crippen LogP contribution in [0.15, 0.2) is 48.5 Å². The van der Waals surface area contributed by atoms with Gasteiger partial charge >= 0.3 is 0 Å². The third-order valence-corrected chi connectivity index (χ3v) is 4.54. The summed E-state index contributed by atoms with van der Waals surface area (Å²) in [5, 5.41) is 12.9. The normalized spacial score (nSPS) is 15.9. The number of hydrogen-bond acceptors (Lipinski definition) is 2. The van der Waals surface area contributed by atoms with E-state index in [0.717, 1.165) is 24.0 Å². The summed E-state index contributed by atoms with van der Waals surface area (Å²) in [4.78, 5) is 12.5. The SMILES string of the molecule is Cc1ccc(C(=O)NC(c2ccccc2)C2CCC2)cc1O. The molecule has 0 heterocycles. The minimum Gasteiger partial charge on any atom is -0.508 e. The average Bonchev–Trinajstić information content (AvgIpc) is 2.48. The molecule has 114 valence electrons. The van der Waals surface area contributed by atoms with Crippen LogP contribution < -0.4 is 5.32 Å². The highest BCUT2D eigenvalue weighted by molar-refractivity contribution is 5.95. The molecule has 0 saturated heterocycles. The lowest BCUT2D eigenvalue weighted by Gasteiger charge is -2.34. The van der Waals surface area contributed by atoms with Crippen LogP contribution in [0.1, 0.15) is 46.8 Å². The zero-order valence-corrected chi connectivity index (χ0v) is 12.8. The van der Waals surface area contributed by atoms with Gasteiger partial charge < -0.3 is 10.4 Å². The van der Waals surface area contributed by atoms with Crippen molar-refractivity contribution in [3.05, 3.63) is 65.2 Å². The van der Waals surface area contributed by atoms with Crippen molar-refractivity contribution in [3.63, 3.8) is 0 Å². The number of phenols is 1. The van der Waals surface area contributed by atoms with E-state index in [0.29, 0.717) is 11.5 Å². The van der Waals surface area contributed by atoms with Gasteiger partial charge in [0.25, 0.3) is 5.91 Å². The molecule has 3 heteroatoms. The van der Waals surface area contributed by atoms with E-state index < -0.39 is 0 Å². The van der Waals surface area contributed by atoms with E-state index in [4.69, 9.17) is 0 Å². The van der Waals surface area contributed by atoms with Crippen LogP contribution >= 0.6 is 0 Å². The van der Waals surface area contributed by atoms with Crippen molar-refractivity contribution in [2.24, 2.45) is 5.92 Å². The van der Waals surface area contributed by atoms with Gasteiger partial charge in [0, 0.05) is 5.56 Å². The number of aryl methyl sites for hydroxylation is 1. The third kappa shape index (κ3) is 2.98. The maximum atomic E-state index is 12.5. The molecule has 3 nitrogen and oxygen atoms in total. The summed E-state index contributed by atoms with van der Waals surface area (Å²) in [5.74, 6) is 0.536. The van der Waals surface area contributed by atoms with Gasteiger partial charge in [-0.2, -0.15) is 0 Å². The molecular weight excluding hydrogens is 274 g/mol. The molecule has 0 aliphatic heterocycles. The van der Waals surface area contributed by atoms with Crippen molar-refractivity contribution in [1.82, 2.24) is 5.32 Å². The molecule has 22 heavy (non-hydrogen) atoms. The van der Waals surface area contributed by atoms with Crippen molar-refractivity contribution in [1.29, 1.82) is 0 Å². The quantitative estimate of drug-likeness (QED) is 0.896. The molecule has 2 N–H and O–H groups in total. The van der Waals surface area contributed by atoms with Gasteiger partial charge in [-0.3, -0.25) is 4.79 Å². The third-order valence-electron chi connectivity index (χ3n) is 4.54. The van der Waals surface area contributed by atoms with Gasteiger partial charge in [-0.15, -0.1) is 0 Å². The molecule has 2 aromatic carbocycles. The molecule has 1 saturated carbocycles. The number of phenolic OH excluding ortho intramolecular Hbond substituents is 1. The predicted molar refractivity (Wildman–Crippen MR) is 86.8 cm³/mol. The average molecular weight is 295 g/mol. The standard InChI is InChI=1S/C19H21NO2/c1-13-10-11-16(12-17(13)21)19(22)20-18(15-8-5-9-15)14-6-3-2-4-7-14/h2-4,6-7,10-12,15,18,21H,5,8-9H2,1H3,(H,20,22). The van der Waals surface area contributed by atoms with Gasteiger partial charge in [0.1, 0.15) is 5.75 Å². The first-order chi connectivity index (χ1) is 10.6. The lowest BCUT2D eigenvalue weighted by atomic mass is 9.77. The largest absolute Gasteiger partial charge is 0.508 e. The van der Waals surface area contributed by atoms with Crippen LogP contribution in [0.3, 0.4) is 0 Å². The smallest absolute Gasteiger partial charge is 0.251 e. The zero-order valence-electron chi connectivity index (χ0n) is 12.8. The maximum Gasteiger partial charge on any atom is 0.251 e. The van der Waals surface area contributed by atoms with E-state index in [2.05, 4.69) is 17.4 Å². The summed E-state index contributed by atoms with van der Waals surface area (Å²) in [7, 11) is 0. The van der Waals surface area contributed by atoms with Crippen molar-refractivity contribution >= 4 is 5.91 Å². The van der Waals surface area contributed by atoms with Crippen LogP contribution in [0.25, 0.3) is 0 Å². The van der Waals surface area contributed by atoms with E-state index in [1.165, 1.54) is 12.5 Å². The lowest BCUT2D eigenvalue weighted by Crippen LogP contribution is -2.36. The van der Waals surface area contributed by atoms with Gasteiger partial charge in [-0.1, -0.05) is 42.8 Å². The van der Waals surface area contributed by atoms with Crippen LogP contribution in [0, 0.1) is 12.8 Å². The number of hydrogen-bond donors (Lipinski definition) is 2. The second-order valence-electron chi connectivity index (χ2n) is 6.05. The molecule has 0 aromatic heterocycles. The highest BCUT2D eigenvalue weighted by Gasteiger charge is 2.29. The van der Waals surface area contributed by atoms with E-state index in [1.807, 2.05) is 25.1 Å². The molecule has 1 aliphatic carbocycles. The molecule has 1 aliphatic rings. The van der Waals surface area contributed by atoms with Crippen LogP contribution in [-0.4, -0.2) is 11.0 Å². The van der Waals surface area contributed by atoms with E-state index in [1.54, 1.807) is 12.1 Å². The van der Waals surface area contributed by atoms with Crippen LogP contribution in [0.5, 0.6) is 5.75 Å². The first kappa shape index (κ1) is 14.6. The number of amides is 1. The Morgan fingerprint density at radius 3 is 2.50 bits per heavy atom. The summed E-state index contributed by atoms with van der Waals surface area (Å²) in [6.45, 7) is 1.82. The molecule has 1 atom stereocenters. The van der Waals surface area contributed by atoms with E-state index in [9.17, 15) is 9.90 Å². The van der Waals surface area contributed by atoms with E-state index >= 15 is 0 Å². The second-order valence-corrected chi connectivity index (χ2v) is 6.05. The van der Waals surface area contributed by atoms with Crippen molar-refractivity contribution < 1.29 is 9.90 Å². The molecule has 0 spiro atoms. The fourth-order valence-corrected chi connectivity index (χ4v) is 2.88. The fourth-order valence-electron chi connectivity index (χ4n) is 2.88. The van der Waals surface area contributed by atoms with Crippen molar-refractivity contribution in [2.75, 3.05) is 0 Å². The minimum atomic E-state index is -0.129. The Balaban J connectivity index is 1.80. The van der Waals surface area contributed by atoms with Crippen LogP contribution in [0.2, 0.25) is 0 Å². The number of rotatable bonds is 4. The molecule has 1 amide bonds.